The van der Waals surface area contributed by atoms with Gasteiger partial charge in [-0.2, -0.15) is 0 Å². The molecule has 1 N–H and O–H groups in total. The van der Waals surface area contributed by atoms with Crippen LogP contribution in [0.4, 0.5) is 19.0 Å². The summed E-state index contributed by atoms with van der Waals surface area (Å²) in [7, 11) is 0. The Morgan fingerprint density at radius 2 is 1.83 bits per heavy atom. The second-order valence-corrected chi connectivity index (χ2v) is 9.70. The summed E-state index contributed by atoms with van der Waals surface area (Å²) in [5.41, 5.74) is 0.676. The van der Waals surface area contributed by atoms with Gasteiger partial charge in [-0.25, -0.2) is 23.1 Å². The normalized spacial score (nSPS) is 19.0. The third kappa shape index (κ3) is 5.58. The standard InChI is InChI=1S/C25H29ClF3N5O2/c1-14(17-7-5-8-18(21(17)27)22(28)29)30-23-19-12-34(13-20(19)31-25(26)32-23)24(36)16-6-3-4-10-33(11-9-16)15(2)35/h5,7-8,14,16,22H,3-4,6,9-13H2,1-2H3,(H,30,31,32)/t14-,16?/m1/s1. The first-order valence-electron chi connectivity index (χ1n) is 12.1. The van der Waals surface area contributed by atoms with Gasteiger partial charge in [0.2, 0.25) is 17.1 Å². The molecular formula is C25H29ClF3N5O2. The molecule has 2 atom stereocenters. The van der Waals surface area contributed by atoms with Crippen LogP contribution in [0, 0.1) is 11.7 Å². The van der Waals surface area contributed by atoms with Crippen molar-refractivity contribution in [3.05, 3.63) is 51.7 Å². The van der Waals surface area contributed by atoms with E-state index in [-0.39, 0.29) is 41.7 Å². The Morgan fingerprint density at radius 3 is 2.56 bits per heavy atom. The smallest absolute Gasteiger partial charge is 0.266 e. The molecule has 0 bridgehead atoms. The molecule has 1 unspecified atom stereocenters. The van der Waals surface area contributed by atoms with Crippen LogP contribution in [0.5, 0.6) is 0 Å². The summed E-state index contributed by atoms with van der Waals surface area (Å²) in [4.78, 5) is 37.2. The van der Waals surface area contributed by atoms with E-state index < -0.39 is 23.8 Å². The van der Waals surface area contributed by atoms with Crippen molar-refractivity contribution < 1.29 is 22.8 Å². The summed E-state index contributed by atoms with van der Waals surface area (Å²) >= 11 is 6.14. The van der Waals surface area contributed by atoms with E-state index in [1.165, 1.54) is 12.1 Å². The third-order valence-electron chi connectivity index (χ3n) is 6.95. The van der Waals surface area contributed by atoms with E-state index in [1.807, 2.05) is 0 Å². The van der Waals surface area contributed by atoms with Crippen molar-refractivity contribution in [1.29, 1.82) is 0 Å². The van der Waals surface area contributed by atoms with Gasteiger partial charge in [-0.1, -0.05) is 24.6 Å². The van der Waals surface area contributed by atoms with Gasteiger partial charge in [0.25, 0.3) is 6.43 Å². The van der Waals surface area contributed by atoms with E-state index >= 15 is 0 Å². The summed E-state index contributed by atoms with van der Waals surface area (Å²) in [6, 6.07) is 3.20. The molecule has 1 saturated heterocycles. The fourth-order valence-electron chi connectivity index (χ4n) is 4.94. The van der Waals surface area contributed by atoms with Crippen molar-refractivity contribution in [3.63, 3.8) is 0 Å². The molecule has 11 heteroatoms. The number of anilines is 1. The number of amides is 2. The van der Waals surface area contributed by atoms with Gasteiger partial charge < -0.3 is 15.1 Å². The molecule has 1 aromatic carbocycles. The molecule has 3 heterocycles. The fraction of sp³-hybridized carbons (Fsp3) is 0.520. The van der Waals surface area contributed by atoms with Gasteiger partial charge in [-0.15, -0.1) is 0 Å². The van der Waals surface area contributed by atoms with Crippen LogP contribution in [0.25, 0.3) is 0 Å². The van der Waals surface area contributed by atoms with Crippen LogP contribution in [0.2, 0.25) is 5.28 Å². The Bertz CT molecular complexity index is 1150. The van der Waals surface area contributed by atoms with Gasteiger partial charge >= 0.3 is 0 Å². The number of likely N-dealkylation sites (tertiary alicyclic amines) is 1. The Kier molecular flexibility index (Phi) is 8.02. The number of benzene rings is 1. The molecule has 0 aliphatic carbocycles. The number of hydrogen-bond donors (Lipinski definition) is 1. The minimum atomic E-state index is -2.93. The first-order chi connectivity index (χ1) is 17.2. The monoisotopic (exact) mass is 523 g/mol. The van der Waals surface area contributed by atoms with Crippen LogP contribution in [0.3, 0.4) is 0 Å². The first kappa shape index (κ1) is 26.2. The zero-order valence-electron chi connectivity index (χ0n) is 20.2. The Balaban J connectivity index is 1.51. The third-order valence-corrected chi connectivity index (χ3v) is 7.12. The van der Waals surface area contributed by atoms with Crippen LogP contribution < -0.4 is 5.32 Å². The summed E-state index contributed by atoms with van der Waals surface area (Å²) < 4.78 is 41.0. The Labute approximate surface area is 213 Å². The minimum absolute atomic E-state index is 0.01000. The largest absolute Gasteiger partial charge is 0.363 e. The van der Waals surface area contributed by atoms with Crippen molar-refractivity contribution >= 4 is 29.2 Å². The molecule has 4 rings (SSSR count). The highest BCUT2D eigenvalue weighted by Gasteiger charge is 2.33. The molecule has 0 radical (unpaired) electrons. The summed E-state index contributed by atoms with van der Waals surface area (Å²) in [6.07, 6.45) is 0.149. The number of halogens is 4. The molecule has 2 aliphatic heterocycles. The van der Waals surface area contributed by atoms with Crippen molar-refractivity contribution in [2.75, 3.05) is 18.4 Å². The van der Waals surface area contributed by atoms with E-state index in [0.29, 0.717) is 36.6 Å². The van der Waals surface area contributed by atoms with Crippen LogP contribution in [0.1, 0.15) is 74.4 Å². The van der Waals surface area contributed by atoms with Crippen molar-refractivity contribution in [2.24, 2.45) is 5.92 Å². The lowest BCUT2D eigenvalue weighted by Crippen LogP contribution is -2.38. The summed E-state index contributed by atoms with van der Waals surface area (Å²) in [6.45, 7) is 4.97. The van der Waals surface area contributed by atoms with Crippen LogP contribution in [-0.4, -0.2) is 44.7 Å². The average molecular weight is 524 g/mol. The molecule has 1 fully saturated rings. The van der Waals surface area contributed by atoms with E-state index in [2.05, 4.69) is 15.3 Å². The number of rotatable bonds is 5. The number of aromatic nitrogens is 2. The molecule has 2 aromatic rings. The number of fused-ring (bicyclic) bond motifs is 1. The second-order valence-electron chi connectivity index (χ2n) is 9.37. The van der Waals surface area contributed by atoms with Gasteiger partial charge in [0.1, 0.15) is 11.6 Å². The van der Waals surface area contributed by atoms with Crippen molar-refractivity contribution in [1.82, 2.24) is 19.8 Å². The number of hydrogen-bond acceptors (Lipinski definition) is 5. The molecule has 36 heavy (non-hydrogen) atoms. The van der Waals surface area contributed by atoms with Crippen molar-refractivity contribution in [3.8, 4) is 0 Å². The molecule has 2 amide bonds. The quantitative estimate of drug-likeness (QED) is 0.541. The number of carbonyl (C=O) groups is 2. The molecule has 2 aliphatic rings. The highest BCUT2D eigenvalue weighted by atomic mass is 35.5. The topological polar surface area (TPSA) is 78.4 Å². The van der Waals surface area contributed by atoms with E-state index in [0.717, 1.165) is 25.3 Å². The molecule has 1 aromatic heterocycles. The molecule has 7 nitrogen and oxygen atoms in total. The van der Waals surface area contributed by atoms with Gasteiger partial charge in [0, 0.05) is 37.1 Å². The number of alkyl halides is 2. The maximum absolute atomic E-state index is 14.7. The van der Waals surface area contributed by atoms with Crippen molar-refractivity contribution in [2.45, 2.75) is 65.1 Å². The molecule has 0 spiro atoms. The maximum Gasteiger partial charge on any atom is 0.266 e. The van der Waals surface area contributed by atoms with Gasteiger partial charge in [-0.3, -0.25) is 9.59 Å². The minimum Gasteiger partial charge on any atom is -0.363 e. The predicted octanol–water partition coefficient (Wildman–Crippen LogP) is 5.26. The average Bonchev–Trinajstić information content (AvgIpc) is 3.22. The number of nitrogens with zero attached hydrogens (tertiary/aromatic N) is 4. The van der Waals surface area contributed by atoms with Gasteiger partial charge in [-0.05, 0) is 37.8 Å². The SMILES string of the molecule is CC(=O)N1CCCCC(C(=O)N2Cc3nc(Cl)nc(N[C@H](C)c4cccc(C(F)F)c4F)c3C2)CC1. The highest BCUT2D eigenvalue weighted by Crippen LogP contribution is 2.34. The lowest BCUT2D eigenvalue weighted by atomic mass is 9.94. The summed E-state index contributed by atoms with van der Waals surface area (Å²) in [5.74, 6) is -0.822. The predicted molar refractivity (Wildman–Crippen MR) is 129 cm³/mol. The van der Waals surface area contributed by atoms with Gasteiger partial charge in [0.05, 0.1) is 30.4 Å². The summed E-state index contributed by atoms with van der Waals surface area (Å²) in [5, 5.41) is 3.05. The first-order valence-corrected chi connectivity index (χ1v) is 12.5. The highest BCUT2D eigenvalue weighted by molar-refractivity contribution is 6.28. The zero-order valence-corrected chi connectivity index (χ0v) is 21.0. The van der Waals surface area contributed by atoms with E-state index in [9.17, 15) is 22.8 Å². The number of nitrogens with one attached hydrogen (secondary N) is 1. The van der Waals surface area contributed by atoms with Crippen LogP contribution >= 0.6 is 11.6 Å². The van der Waals surface area contributed by atoms with Crippen LogP contribution in [-0.2, 0) is 22.7 Å². The fourth-order valence-corrected chi connectivity index (χ4v) is 5.12. The second kappa shape index (κ2) is 11.0. The maximum atomic E-state index is 14.7. The zero-order chi connectivity index (χ0) is 26.0. The number of carbonyl (C=O) groups excluding carboxylic acids is 2. The van der Waals surface area contributed by atoms with E-state index in [4.69, 9.17) is 11.6 Å². The Hall–Kier alpha value is -2.88. The lowest BCUT2D eigenvalue weighted by molar-refractivity contribution is -0.138. The Morgan fingerprint density at radius 1 is 1.08 bits per heavy atom. The van der Waals surface area contributed by atoms with E-state index in [1.54, 1.807) is 23.6 Å². The molecule has 0 saturated carbocycles. The molecule has 194 valence electrons. The van der Waals surface area contributed by atoms with Crippen LogP contribution in [0.15, 0.2) is 18.2 Å². The lowest BCUT2D eigenvalue weighted by Gasteiger charge is -2.29. The van der Waals surface area contributed by atoms with Gasteiger partial charge in [0.15, 0.2) is 0 Å². The molecular weight excluding hydrogens is 495 g/mol.